The number of ether oxygens (including phenoxy) is 1. The molecular weight excluding hydrogens is 578 g/mol. The van der Waals surface area contributed by atoms with Crippen LogP contribution in [-0.2, 0) is 4.79 Å². The number of benzene rings is 1. The van der Waals surface area contributed by atoms with Crippen molar-refractivity contribution in [1.82, 2.24) is 39.6 Å². The number of methoxy groups -OCH3 is 1. The van der Waals surface area contributed by atoms with E-state index in [1.807, 2.05) is 32.0 Å². The number of ketones is 1. The van der Waals surface area contributed by atoms with Gasteiger partial charge in [-0.15, -0.1) is 11.3 Å². The van der Waals surface area contributed by atoms with E-state index in [9.17, 15) is 9.59 Å². The number of amides is 1. The number of pyridine rings is 1. The van der Waals surface area contributed by atoms with E-state index >= 15 is 0 Å². The van der Waals surface area contributed by atoms with Gasteiger partial charge in [0.15, 0.2) is 5.82 Å². The number of aromatic nitrogens is 7. The number of aromatic amines is 1. The number of rotatable bonds is 6. The average Bonchev–Trinajstić information content (AvgIpc) is 3.78. The van der Waals surface area contributed by atoms with Gasteiger partial charge in [0, 0.05) is 42.8 Å². The van der Waals surface area contributed by atoms with Gasteiger partial charge in [-0.1, -0.05) is 30.3 Å². The van der Waals surface area contributed by atoms with E-state index < -0.39 is 11.7 Å². The van der Waals surface area contributed by atoms with Crippen LogP contribution in [0.1, 0.15) is 28.9 Å². The maximum Gasteiger partial charge on any atom is 0.295 e. The molecule has 0 bridgehead atoms. The Balaban J connectivity index is 1.18. The minimum atomic E-state index is -0.619. The number of aryl methyl sites for hydroxylation is 2. The first-order chi connectivity index (χ1) is 21.3. The third-order valence-corrected chi connectivity index (χ3v) is 8.81. The number of nitrogens with zero attached hydrogens (tertiary/aromatic N) is 8. The second-order valence-electron chi connectivity index (χ2n) is 10.8. The van der Waals surface area contributed by atoms with Crippen molar-refractivity contribution in [3.8, 4) is 22.7 Å². The lowest BCUT2D eigenvalue weighted by Gasteiger charge is -2.40. The fraction of sp³-hybridized carbons (Fsp3) is 0.258. The van der Waals surface area contributed by atoms with Crippen molar-refractivity contribution in [3.05, 3.63) is 71.6 Å². The van der Waals surface area contributed by atoms with Crippen molar-refractivity contribution in [3.63, 3.8) is 0 Å². The number of carbonyl (C=O) groups is 2. The Hall–Kier alpha value is -5.17. The van der Waals surface area contributed by atoms with Crippen LogP contribution < -0.4 is 9.64 Å². The van der Waals surface area contributed by atoms with Crippen LogP contribution in [0.15, 0.2) is 54.4 Å². The maximum atomic E-state index is 13.8. The molecule has 1 aliphatic rings. The predicted octanol–water partition coefficient (Wildman–Crippen LogP) is 4.36. The van der Waals surface area contributed by atoms with Gasteiger partial charge in [-0.25, -0.2) is 24.6 Å². The summed E-state index contributed by atoms with van der Waals surface area (Å²) in [5.41, 5.74) is 2.93. The third-order valence-electron chi connectivity index (χ3n) is 7.94. The van der Waals surface area contributed by atoms with Crippen LogP contribution >= 0.6 is 11.3 Å². The minimum Gasteiger partial charge on any atom is -0.494 e. The fourth-order valence-electron chi connectivity index (χ4n) is 5.84. The normalized spacial score (nSPS) is 15.3. The average molecular weight is 608 g/mol. The van der Waals surface area contributed by atoms with Crippen molar-refractivity contribution in [2.75, 3.05) is 31.6 Å². The molecule has 1 fully saturated rings. The molecule has 7 rings (SSSR count). The van der Waals surface area contributed by atoms with E-state index in [-0.39, 0.29) is 11.6 Å². The van der Waals surface area contributed by atoms with Gasteiger partial charge in [0.25, 0.3) is 11.7 Å². The monoisotopic (exact) mass is 607 g/mol. The smallest absolute Gasteiger partial charge is 0.295 e. The zero-order chi connectivity index (χ0) is 30.5. The molecule has 0 aliphatic carbocycles. The van der Waals surface area contributed by atoms with Gasteiger partial charge in [0.1, 0.15) is 34.4 Å². The molecule has 0 radical (unpaired) electrons. The van der Waals surface area contributed by atoms with Crippen LogP contribution in [-0.4, -0.2) is 84.1 Å². The Bertz CT molecular complexity index is 2050. The number of anilines is 1. The summed E-state index contributed by atoms with van der Waals surface area (Å²) in [5.74, 6) is 1.76. The third kappa shape index (κ3) is 4.56. The van der Waals surface area contributed by atoms with Gasteiger partial charge < -0.3 is 19.5 Å². The molecule has 12 nitrogen and oxygen atoms in total. The molecule has 1 N–H and O–H groups in total. The largest absolute Gasteiger partial charge is 0.494 e. The topological polar surface area (TPSA) is 135 Å². The van der Waals surface area contributed by atoms with Gasteiger partial charge in [0.2, 0.25) is 0 Å². The lowest BCUT2D eigenvalue weighted by molar-refractivity contribution is -0.128. The van der Waals surface area contributed by atoms with Gasteiger partial charge >= 0.3 is 0 Å². The van der Waals surface area contributed by atoms with Crippen molar-refractivity contribution in [1.29, 1.82) is 0 Å². The number of piperazine rings is 1. The highest BCUT2D eigenvalue weighted by molar-refractivity contribution is 7.17. The first-order valence-electron chi connectivity index (χ1n) is 14.2. The fourth-order valence-corrected chi connectivity index (χ4v) is 6.83. The van der Waals surface area contributed by atoms with Crippen LogP contribution in [0.3, 0.4) is 0 Å². The van der Waals surface area contributed by atoms with Gasteiger partial charge in [0.05, 0.1) is 35.2 Å². The van der Waals surface area contributed by atoms with Crippen LogP contribution in [0, 0.1) is 13.8 Å². The Labute approximate surface area is 256 Å². The number of Topliss-reactive ketones (excluding diaryl/α,β-unsaturated/α-hetero) is 1. The Morgan fingerprint density at radius 1 is 1.02 bits per heavy atom. The summed E-state index contributed by atoms with van der Waals surface area (Å²) in [6.07, 6.45) is 4.60. The predicted molar refractivity (Wildman–Crippen MR) is 168 cm³/mol. The van der Waals surface area contributed by atoms with Crippen LogP contribution in [0.2, 0.25) is 0 Å². The molecule has 6 heterocycles. The summed E-state index contributed by atoms with van der Waals surface area (Å²) in [5, 5.41) is 7.95. The van der Waals surface area contributed by atoms with Crippen molar-refractivity contribution < 1.29 is 14.3 Å². The molecule has 5 aromatic heterocycles. The molecule has 13 heteroatoms. The van der Waals surface area contributed by atoms with Crippen molar-refractivity contribution in [2.45, 2.75) is 26.8 Å². The zero-order valence-electron chi connectivity index (χ0n) is 24.6. The Morgan fingerprint density at radius 3 is 2.57 bits per heavy atom. The highest BCUT2D eigenvalue weighted by atomic mass is 32.1. The van der Waals surface area contributed by atoms with Crippen molar-refractivity contribution >= 4 is 50.0 Å². The van der Waals surface area contributed by atoms with E-state index in [0.717, 1.165) is 27.2 Å². The molecule has 1 aromatic carbocycles. The summed E-state index contributed by atoms with van der Waals surface area (Å²) in [4.78, 5) is 53.6. The maximum absolute atomic E-state index is 13.8. The number of hydrogen-bond acceptors (Lipinski definition) is 10. The zero-order valence-corrected chi connectivity index (χ0v) is 25.4. The second-order valence-corrected chi connectivity index (χ2v) is 11.6. The summed E-state index contributed by atoms with van der Waals surface area (Å²) >= 11 is 1.60. The number of hydrogen-bond donors (Lipinski definition) is 1. The standard InChI is InChI=1S/C31H29N9O3S/c1-17-14-38(28-25-22(20-8-6-5-7-9-20)15-44-30(25)36-19(3)35-28)10-11-39(17)31(42)27(41)21-12-32-26-24(21)23(43-4)13-33-29(26)40-16-34-18(2)37-40/h5-9,12-13,15-17,32H,10-11,14H2,1-4H3/t17-/m1/s1. The second kappa shape index (κ2) is 10.8. The van der Waals surface area contributed by atoms with Crippen LogP contribution in [0.5, 0.6) is 5.75 Å². The summed E-state index contributed by atoms with van der Waals surface area (Å²) in [7, 11) is 1.50. The van der Waals surface area contributed by atoms with Crippen LogP contribution in [0.25, 0.3) is 38.1 Å². The van der Waals surface area contributed by atoms with E-state index in [0.29, 0.717) is 53.8 Å². The van der Waals surface area contributed by atoms with Gasteiger partial charge in [-0.2, -0.15) is 5.10 Å². The first-order valence-corrected chi connectivity index (χ1v) is 15.1. The number of thiophene rings is 1. The van der Waals surface area contributed by atoms with Crippen LogP contribution in [0.4, 0.5) is 5.82 Å². The summed E-state index contributed by atoms with van der Waals surface area (Å²) in [6, 6.07) is 9.97. The summed E-state index contributed by atoms with van der Waals surface area (Å²) < 4.78 is 7.06. The van der Waals surface area contributed by atoms with E-state index in [4.69, 9.17) is 14.7 Å². The highest BCUT2D eigenvalue weighted by Gasteiger charge is 2.35. The number of nitrogens with one attached hydrogen (secondary N) is 1. The number of carbonyl (C=O) groups excluding carboxylic acids is 2. The molecular formula is C31H29N9O3S. The lowest BCUT2D eigenvalue weighted by atomic mass is 10.0. The molecule has 222 valence electrons. The lowest BCUT2D eigenvalue weighted by Crippen LogP contribution is -2.56. The quantitative estimate of drug-likeness (QED) is 0.216. The molecule has 1 aliphatic heterocycles. The first kappa shape index (κ1) is 27.7. The molecule has 1 amide bonds. The van der Waals surface area contributed by atoms with E-state index in [1.54, 1.807) is 29.5 Å². The molecule has 0 saturated carbocycles. The minimum absolute atomic E-state index is 0.218. The number of fused-ring (bicyclic) bond motifs is 2. The van der Waals surface area contributed by atoms with E-state index in [2.05, 4.69) is 42.5 Å². The van der Waals surface area contributed by atoms with E-state index in [1.165, 1.54) is 24.2 Å². The Kier molecular flexibility index (Phi) is 6.81. The summed E-state index contributed by atoms with van der Waals surface area (Å²) in [6.45, 7) is 7.04. The molecule has 0 unspecified atom stereocenters. The van der Waals surface area contributed by atoms with Gasteiger partial charge in [-0.05, 0) is 26.3 Å². The van der Waals surface area contributed by atoms with Gasteiger partial charge in [-0.3, -0.25) is 9.59 Å². The van der Waals surface area contributed by atoms with Crippen molar-refractivity contribution in [2.24, 2.45) is 0 Å². The number of H-pyrrole nitrogens is 1. The molecule has 0 spiro atoms. The molecule has 44 heavy (non-hydrogen) atoms. The Morgan fingerprint density at radius 2 is 1.84 bits per heavy atom. The molecule has 6 aromatic rings. The molecule has 1 saturated heterocycles. The SMILES string of the molecule is COc1cnc(-n2cnc(C)n2)c2[nH]cc(C(=O)C(=O)N3CCN(c4nc(C)nc5scc(-c6ccccc6)c45)C[C@H]3C)c12. The highest BCUT2D eigenvalue weighted by Crippen LogP contribution is 2.39. The molecule has 1 atom stereocenters.